The van der Waals surface area contributed by atoms with Crippen molar-refractivity contribution >= 4 is 6.29 Å². The largest absolute Gasteiger partial charge is 0.381 e. The van der Waals surface area contributed by atoms with E-state index in [4.69, 9.17) is 9.47 Å². The summed E-state index contributed by atoms with van der Waals surface area (Å²) in [6.07, 6.45) is 9.60. The van der Waals surface area contributed by atoms with E-state index >= 15 is 0 Å². The lowest BCUT2D eigenvalue weighted by Gasteiger charge is -2.44. The lowest BCUT2D eigenvalue weighted by Crippen LogP contribution is -2.40. The van der Waals surface area contributed by atoms with Gasteiger partial charge in [-0.2, -0.15) is 0 Å². The number of carbonyl (C=O) groups is 1. The molecule has 1 radical (unpaired) electrons. The predicted octanol–water partition coefficient (Wildman–Crippen LogP) is 5.33. The number of aldehydes is 1. The molecule has 2 unspecified atom stereocenters. The molecule has 3 nitrogen and oxygen atoms in total. The molecule has 145 valence electrons. The maximum absolute atomic E-state index is 10.4. The van der Waals surface area contributed by atoms with Crippen LogP contribution in [0.4, 0.5) is 0 Å². The number of ether oxygens (including phenoxy) is 2. The van der Waals surface area contributed by atoms with Gasteiger partial charge in [-0.1, -0.05) is 69.9 Å². The molecule has 0 aliphatic heterocycles. The zero-order chi connectivity index (χ0) is 18.7. The maximum atomic E-state index is 10.4. The fraction of sp³-hybridized carbons (Fsp3) is 0.652. The van der Waals surface area contributed by atoms with Gasteiger partial charge < -0.3 is 14.3 Å². The van der Waals surface area contributed by atoms with E-state index in [1.54, 1.807) is 0 Å². The van der Waals surface area contributed by atoms with E-state index in [0.717, 1.165) is 19.1 Å². The van der Waals surface area contributed by atoms with Crippen LogP contribution in [-0.2, 0) is 19.9 Å². The molecule has 1 aliphatic carbocycles. The highest BCUT2D eigenvalue weighted by molar-refractivity contribution is 5.49. The summed E-state index contributed by atoms with van der Waals surface area (Å²) in [4.78, 5) is 10.4. The van der Waals surface area contributed by atoms with Crippen molar-refractivity contribution in [2.75, 3.05) is 19.8 Å². The summed E-state index contributed by atoms with van der Waals surface area (Å²) in [5.74, 6) is 0.863. The van der Waals surface area contributed by atoms with Crippen LogP contribution in [-0.4, -0.2) is 26.1 Å². The normalized spacial score (nSPS) is 19.0. The van der Waals surface area contributed by atoms with E-state index in [1.165, 1.54) is 37.7 Å². The first kappa shape index (κ1) is 21.1. The standard InChI is InChI=1S/C23H35O3/c1-3-15-23(21-11-6-4-7-12-21,22-13-8-5-9-14-22)26-19-20(2)18-25-17-10-16-24/h4,6-7,11-12,16,20,22H,1,3,5,8-10,13-15,17-19H2,2H3. The molecule has 1 aromatic carbocycles. The van der Waals surface area contributed by atoms with Crippen molar-refractivity contribution in [1.29, 1.82) is 0 Å². The molecule has 0 aromatic heterocycles. The van der Waals surface area contributed by atoms with Crippen molar-refractivity contribution in [3.8, 4) is 0 Å². The highest BCUT2D eigenvalue weighted by Crippen LogP contribution is 2.45. The molecule has 3 heteroatoms. The van der Waals surface area contributed by atoms with Crippen LogP contribution < -0.4 is 0 Å². The predicted molar refractivity (Wildman–Crippen MR) is 106 cm³/mol. The number of hydrogen-bond donors (Lipinski definition) is 0. The maximum Gasteiger partial charge on any atom is 0.122 e. The topological polar surface area (TPSA) is 35.5 Å². The summed E-state index contributed by atoms with van der Waals surface area (Å²) < 4.78 is 12.3. The van der Waals surface area contributed by atoms with E-state index in [-0.39, 0.29) is 5.60 Å². The summed E-state index contributed by atoms with van der Waals surface area (Å²) in [5.41, 5.74) is 1.06. The van der Waals surface area contributed by atoms with Crippen LogP contribution in [0.5, 0.6) is 0 Å². The van der Waals surface area contributed by atoms with Crippen LogP contribution in [0.2, 0.25) is 0 Å². The summed E-state index contributed by atoms with van der Waals surface area (Å²) >= 11 is 0. The van der Waals surface area contributed by atoms with Crippen molar-refractivity contribution in [3.63, 3.8) is 0 Å². The van der Waals surface area contributed by atoms with Crippen LogP contribution in [0.25, 0.3) is 0 Å². The Hall–Kier alpha value is -1.19. The molecule has 0 amide bonds. The third-order valence-electron chi connectivity index (χ3n) is 5.48. The van der Waals surface area contributed by atoms with E-state index in [0.29, 0.717) is 38.1 Å². The van der Waals surface area contributed by atoms with Crippen molar-refractivity contribution in [3.05, 3.63) is 42.8 Å². The molecule has 0 N–H and O–H groups in total. The summed E-state index contributed by atoms with van der Waals surface area (Å²) in [7, 11) is 0. The van der Waals surface area contributed by atoms with Gasteiger partial charge in [0, 0.05) is 12.3 Å². The Morgan fingerprint density at radius 2 is 1.92 bits per heavy atom. The van der Waals surface area contributed by atoms with Gasteiger partial charge in [0.1, 0.15) is 6.29 Å². The van der Waals surface area contributed by atoms with E-state index < -0.39 is 0 Å². The molecule has 0 heterocycles. The highest BCUT2D eigenvalue weighted by atomic mass is 16.5. The average Bonchev–Trinajstić information content (AvgIpc) is 2.70. The second-order valence-electron chi connectivity index (χ2n) is 7.64. The molecule has 1 fully saturated rings. The summed E-state index contributed by atoms with van der Waals surface area (Å²) in [6, 6.07) is 10.7. The summed E-state index contributed by atoms with van der Waals surface area (Å²) in [6.45, 7) is 8.11. The molecular formula is C23H35O3. The van der Waals surface area contributed by atoms with Gasteiger partial charge in [-0.05, 0) is 30.7 Å². The SMILES string of the molecule is [CH2]CCC(OCC(C)COCCC=O)(c1ccccc1)C1CCCCC1. The van der Waals surface area contributed by atoms with E-state index in [2.05, 4.69) is 44.2 Å². The zero-order valence-corrected chi connectivity index (χ0v) is 16.3. The Morgan fingerprint density at radius 3 is 2.58 bits per heavy atom. The molecule has 0 bridgehead atoms. The highest BCUT2D eigenvalue weighted by Gasteiger charge is 2.41. The van der Waals surface area contributed by atoms with Crippen LogP contribution in [0.15, 0.2) is 30.3 Å². The van der Waals surface area contributed by atoms with Crippen LogP contribution in [0, 0.1) is 18.8 Å². The molecule has 26 heavy (non-hydrogen) atoms. The van der Waals surface area contributed by atoms with Gasteiger partial charge in [-0.15, -0.1) is 0 Å². The van der Waals surface area contributed by atoms with Crippen molar-refractivity contribution in [2.45, 2.75) is 63.9 Å². The molecule has 1 saturated carbocycles. The third-order valence-corrected chi connectivity index (χ3v) is 5.48. The Bertz CT molecular complexity index is 495. The number of hydrogen-bond acceptors (Lipinski definition) is 3. The van der Waals surface area contributed by atoms with Crippen LogP contribution >= 0.6 is 0 Å². The monoisotopic (exact) mass is 359 g/mol. The lowest BCUT2D eigenvalue weighted by molar-refractivity contribution is -0.124. The van der Waals surface area contributed by atoms with Crippen molar-refractivity contribution < 1.29 is 14.3 Å². The second-order valence-corrected chi connectivity index (χ2v) is 7.64. The number of benzene rings is 1. The summed E-state index contributed by atoms with van der Waals surface area (Å²) in [5, 5.41) is 0. The number of carbonyl (C=O) groups excluding carboxylic acids is 1. The minimum Gasteiger partial charge on any atom is -0.381 e. The van der Waals surface area contributed by atoms with Crippen molar-refractivity contribution in [1.82, 2.24) is 0 Å². The molecular weight excluding hydrogens is 324 g/mol. The Labute approximate surface area is 159 Å². The second kappa shape index (κ2) is 11.5. The minimum atomic E-state index is -0.236. The fourth-order valence-electron chi connectivity index (χ4n) is 4.16. The first-order chi connectivity index (χ1) is 12.7. The van der Waals surface area contributed by atoms with Crippen LogP contribution in [0.3, 0.4) is 0 Å². The van der Waals surface area contributed by atoms with Gasteiger partial charge in [0.2, 0.25) is 0 Å². The van der Waals surface area contributed by atoms with Crippen molar-refractivity contribution in [2.24, 2.45) is 11.8 Å². The van der Waals surface area contributed by atoms with Gasteiger partial charge in [-0.3, -0.25) is 0 Å². The molecule has 2 atom stereocenters. The third kappa shape index (κ3) is 5.92. The van der Waals surface area contributed by atoms with Gasteiger partial charge in [0.25, 0.3) is 0 Å². The molecule has 0 spiro atoms. The number of rotatable bonds is 12. The quantitative estimate of drug-likeness (QED) is 0.373. The first-order valence-corrected chi connectivity index (χ1v) is 10.2. The Balaban J connectivity index is 2.10. The lowest BCUT2D eigenvalue weighted by atomic mass is 9.71. The Morgan fingerprint density at radius 1 is 1.19 bits per heavy atom. The molecule has 1 aromatic rings. The smallest absolute Gasteiger partial charge is 0.122 e. The molecule has 2 rings (SSSR count). The Kier molecular flexibility index (Phi) is 9.35. The molecule has 1 aliphatic rings. The molecule has 0 saturated heterocycles. The fourth-order valence-corrected chi connectivity index (χ4v) is 4.16. The van der Waals surface area contributed by atoms with Gasteiger partial charge in [0.15, 0.2) is 0 Å². The van der Waals surface area contributed by atoms with Gasteiger partial charge in [-0.25, -0.2) is 0 Å². The van der Waals surface area contributed by atoms with Crippen LogP contribution in [0.1, 0.15) is 63.9 Å². The first-order valence-electron chi connectivity index (χ1n) is 10.2. The van der Waals surface area contributed by atoms with E-state index in [1.807, 2.05) is 0 Å². The van der Waals surface area contributed by atoms with Gasteiger partial charge in [0.05, 0.1) is 25.4 Å². The van der Waals surface area contributed by atoms with E-state index in [9.17, 15) is 4.79 Å². The minimum absolute atomic E-state index is 0.236. The van der Waals surface area contributed by atoms with Gasteiger partial charge >= 0.3 is 0 Å². The average molecular weight is 360 g/mol. The zero-order valence-electron chi connectivity index (χ0n) is 16.3.